The first-order valence-corrected chi connectivity index (χ1v) is 7.47. The molecular weight excluding hydrogens is 316 g/mol. The Morgan fingerprint density at radius 1 is 1.08 bits per heavy atom. The van der Waals surface area contributed by atoms with Gasteiger partial charge in [0.15, 0.2) is 6.23 Å². The molecule has 2 heterocycles. The van der Waals surface area contributed by atoms with Crippen LogP contribution in [0.1, 0.15) is 11.8 Å². The number of aromatic nitrogens is 2. The Bertz CT molecular complexity index is 841. The van der Waals surface area contributed by atoms with Gasteiger partial charge in [-0.05, 0) is 19.1 Å². The fraction of sp³-hybridized carbons (Fsp3) is 0.375. The predicted octanol–water partition coefficient (Wildman–Crippen LogP) is -1.08. The molecule has 4 atom stereocenters. The molecule has 0 bridgehead atoms. The second-order valence-electron chi connectivity index (χ2n) is 5.74. The van der Waals surface area contributed by atoms with Crippen molar-refractivity contribution < 1.29 is 20.1 Å². The number of hydrogen-bond acceptors (Lipinski definition) is 6. The van der Waals surface area contributed by atoms with Gasteiger partial charge in [-0.2, -0.15) is 0 Å². The molecule has 0 saturated carbocycles. The number of aliphatic hydroxyl groups is 3. The van der Waals surface area contributed by atoms with Crippen molar-refractivity contribution in [2.75, 3.05) is 6.61 Å². The van der Waals surface area contributed by atoms with Crippen LogP contribution in [0.25, 0.3) is 5.69 Å². The lowest BCUT2D eigenvalue weighted by molar-refractivity contribution is -0.0553. The molecule has 1 saturated heterocycles. The Hall–Kier alpha value is -2.26. The minimum absolute atomic E-state index is 0.386. The van der Waals surface area contributed by atoms with E-state index in [1.54, 1.807) is 24.3 Å². The monoisotopic (exact) mass is 334 g/mol. The quantitative estimate of drug-likeness (QED) is 0.658. The van der Waals surface area contributed by atoms with Gasteiger partial charge >= 0.3 is 5.69 Å². The van der Waals surface area contributed by atoms with Gasteiger partial charge in [0.25, 0.3) is 5.56 Å². The first-order valence-electron chi connectivity index (χ1n) is 7.47. The summed E-state index contributed by atoms with van der Waals surface area (Å²) in [6.45, 7) is 1.38. The maximum absolute atomic E-state index is 12.7. The summed E-state index contributed by atoms with van der Waals surface area (Å²) in [6.07, 6.45) is -3.72. The van der Waals surface area contributed by atoms with Crippen LogP contribution in [-0.4, -0.2) is 49.4 Å². The lowest BCUT2D eigenvalue weighted by Crippen LogP contribution is -2.42. The molecule has 0 unspecified atom stereocenters. The summed E-state index contributed by atoms with van der Waals surface area (Å²) in [7, 11) is 0. The number of ether oxygens (including phenoxy) is 1. The molecule has 1 aromatic heterocycles. The van der Waals surface area contributed by atoms with Crippen LogP contribution < -0.4 is 11.2 Å². The van der Waals surface area contributed by atoms with Gasteiger partial charge in [-0.1, -0.05) is 17.7 Å². The van der Waals surface area contributed by atoms with Crippen LogP contribution in [0.15, 0.2) is 46.1 Å². The van der Waals surface area contributed by atoms with E-state index in [1.165, 1.54) is 12.3 Å². The molecule has 3 rings (SSSR count). The van der Waals surface area contributed by atoms with Crippen LogP contribution in [0.2, 0.25) is 0 Å². The van der Waals surface area contributed by atoms with E-state index >= 15 is 0 Å². The van der Waals surface area contributed by atoms with Crippen LogP contribution in [0, 0.1) is 6.92 Å². The zero-order chi connectivity index (χ0) is 17.4. The lowest BCUT2D eigenvalue weighted by atomic mass is 10.1. The maximum Gasteiger partial charge on any atom is 0.337 e. The standard InChI is InChI=1S/C16H18N2O6/c1-9-2-4-10(5-3-9)18-12(20)6-7-17(16(18)23)15-14(22)13(21)11(8-19)24-15/h2-7,11,13-15,19,21-22H,8H2,1H3/t11-,13-,14-,15-/m1/s1. The smallest absolute Gasteiger partial charge is 0.337 e. The van der Waals surface area contributed by atoms with E-state index in [0.717, 1.165) is 14.7 Å². The molecule has 1 aliphatic rings. The normalized spacial score (nSPS) is 26.7. The van der Waals surface area contributed by atoms with Crippen LogP contribution in [-0.2, 0) is 4.74 Å². The predicted molar refractivity (Wildman–Crippen MR) is 84.0 cm³/mol. The number of rotatable bonds is 3. The first-order chi connectivity index (χ1) is 11.4. The van der Waals surface area contributed by atoms with Crippen molar-refractivity contribution in [1.82, 2.24) is 9.13 Å². The molecule has 3 N–H and O–H groups in total. The molecule has 24 heavy (non-hydrogen) atoms. The zero-order valence-electron chi connectivity index (χ0n) is 12.9. The minimum atomic E-state index is -1.40. The highest BCUT2D eigenvalue weighted by Crippen LogP contribution is 2.27. The largest absolute Gasteiger partial charge is 0.394 e. The van der Waals surface area contributed by atoms with Gasteiger partial charge in [-0.3, -0.25) is 9.36 Å². The second kappa shape index (κ2) is 6.33. The van der Waals surface area contributed by atoms with E-state index < -0.39 is 42.4 Å². The number of nitrogens with zero attached hydrogens (tertiary/aromatic N) is 2. The maximum atomic E-state index is 12.7. The summed E-state index contributed by atoms with van der Waals surface area (Å²) in [5.41, 5.74) is 0.135. The fourth-order valence-electron chi connectivity index (χ4n) is 2.73. The van der Waals surface area contributed by atoms with E-state index in [4.69, 9.17) is 9.84 Å². The SMILES string of the molecule is Cc1ccc(-n2c(=O)ccn([C@@H]3O[C@H](CO)[C@@H](O)[C@H]3O)c2=O)cc1. The first kappa shape index (κ1) is 16.6. The number of benzene rings is 1. The van der Waals surface area contributed by atoms with Crippen molar-refractivity contribution in [3.05, 3.63) is 62.9 Å². The molecular formula is C16H18N2O6. The van der Waals surface area contributed by atoms with Crippen molar-refractivity contribution in [2.45, 2.75) is 31.5 Å². The molecule has 1 fully saturated rings. The highest BCUT2D eigenvalue weighted by molar-refractivity contribution is 5.34. The van der Waals surface area contributed by atoms with E-state index in [2.05, 4.69) is 0 Å². The van der Waals surface area contributed by atoms with Crippen LogP contribution in [0.3, 0.4) is 0 Å². The van der Waals surface area contributed by atoms with Crippen LogP contribution in [0.4, 0.5) is 0 Å². The average Bonchev–Trinajstić information content (AvgIpc) is 2.85. The van der Waals surface area contributed by atoms with Crippen molar-refractivity contribution in [3.8, 4) is 5.69 Å². The van der Waals surface area contributed by atoms with E-state index in [-0.39, 0.29) is 0 Å². The highest BCUT2D eigenvalue weighted by Gasteiger charge is 2.43. The van der Waals surface area contributed by atoms with E-state index in [0.29, 0.717) is 5.69 Å². The Balaban J connectivity index is 2.09. The van der Waals surface area contributed by atoms with E-state index in [9.17, 15) is 19.8 Å². The molecule has 8 heteroatoms. The molecule has 0 aliphatic carbocycles. The van der Waals surface area contributed by atoms with Crippen molar-refractivity contribution in [3.63, 3.8) is 0 Å². The van der Waals surface area contributed by atoms with Gasteiger partial charge in [-0.15, -0.1) is 0 Å². The average molecular weight is 334 g/mol. The molecule has 0 amide bonds. The Morgan fingerprint density at radius 3 is 2.33 bits per heavy atom. The van der Waals surface area contributed by atoms with Gasteiger partial charge in [-0.25, -0.2) is 9.36 Å². The second-order valence-corrected chi connectivity index (χ2v) is 5.74. The summed E-state index contributed by atoms with van der Waals surface area (Å²) >= 11 is 0. The summed E-state index contributed by atoms with van der Waals surface area (Å²) in [5, 5.41) is 29.1. The fourth-order valence-corrected chi connectivity index (χ4v) is 2.73. The number of hydrogen-bond donors (Lipinski definition) is 3. The third-order valence-electron chi connectivity index (χ3n) is 4.09. The van der Waals surface area contributed by atoms with Crippen LogP contribution >= 0.6 is 0 Å². The van der Waals surface area contributed by atoms with Crippen LogP contribution in [0.5, 0.6) is 0 Å². The number of aryl methyl sites for hydroxylation is 1. The molecule has 1 aliphatic heterocycles. The summed E-state index contributed by atoms with van der Waals surface area (Å²) in [5.74, 6) is 0. The van der Waals surface area contributed by atoms with Crippen molar-refractivity contribution in [2.24, 2.45) is 0 Å². The zero-order valence-corrected chi connectivity index (χ0v) is 12.9. The highest BCUT2D eigenvalue weighted by atomic mass is 16.6. The van der Waals surface area contributed by atoms with Gasteiger partial charge in [0.2, 0.25) is 0 Å². The molecule has 0 spiro atoms. The van der Waals surface area contributed by atoms with Gasteiger partial charge in [0.05, 0.1) is 12.3 Å². The van der Waals surface area contributed by atoms with Gasteiger partial charge in [0.1, 0.15) is 18.3 Å². The van der Waals surface area contributed by atoms with Gasteiger partial charge in [0, 0.05) is 12.3 Å². The molecule has 2 aromatic rings. The summed E-state index contributed by atoms with van der Waals surface area (Å²) in [4.78, 5) is 24.8. The minimum Gasteiger partial charge on any atom is -0.394 e. The number of aliphatic hydroxyl groups excluding tert-OH is 3. The Kier molecular flexibility index (Phi) is 4.37. The van der Waals surface area contributed by atoms with Gasteiger partial charge < -0.3 is 20.1 Å². The third kappa shape index (κ3) is 2.69. The molecule has 8 nitrogen and oxygen atoms in total. The third-order valence-corrected chi connectivity index (χ3v) is 4.09. The van der Waals surface area contributed by atoms with Crippen molar-refractivity contribution in [1.29, 1.82) is 0 Å². The summed E-state index contributed by atoms with van der Waals surface area (Å²) in [6, 6.07) is 7.99. The Labute approximate surface area is 136 Å². The molecule has 1 aromatic carbocycles. The molecule has 0 radical (unpaired) electrons. The topological polar surface area (TPSA) is 114 Å². The molecule has 128 valence electrons. The lowest BCUT2D eigenvalue weighted by Gasteiger charge is -2.18. The van der Waals surface area contributed by atoms with E-state index in [1.807, 2.05) is 6.92 Å². The summed E-state index contributed by atoms with van der Waals surface area (Å²) < 4.78 is 7.33. The Morgan fingerprint density at radius 2 is 1.75 bits per heavy atom. The van der Waals surface area contributed by atoms with Crippen molar-refractivity contribution >= 4 is 0 Å².